The lowest BCUT2D eigenvalue weighted by molar-refractivity contribution is 0.185. The van der Waals surface area contributed by atoms with Crippen LogP contribution in [0.3, 0.4) is 0 Å². The summed E-state index contributed by atoms with van der Waals surface area (Å²) in [6.45, 7) is 0.710. The van der Waals surface area contributed by atoms with Crippen molar-refractivity contribution in [3.63, 3.8) is 0 Å². The van der Waals surface area contributed by atoms with Crippen molar-refractivity contribution in [2.24, 2.45) is 0 Å². The third kappa shape index (κ3) is 1.88. The van der Waals surface area contributed by atoms with E-state index < -0.39 is 0 Å². The summed E-state index contributed by atoms with van der Waals surface area (Å²) in [7, 11) is 3.79. The Morgan fingerprint density at radius 1 is 1.50 bits per heavy atom. The van der Waals surface area contributed by atoms with Crippen molar-refractivity contribution in [1.82, 2.24) is 0 Å². The Labute approximate surface area is 62.4 Å². The van der Waals surface area contributed by atoms with Crippen LogP contribution in [-0.4, -0.2) is 15.0 Å². The van der Waals surface area contributed by atoms with Gasteiger partial charge in [0.05, 0.1) is 6.61 Å². The number of hydrogen-bond acceptors (Lipinski definition) is 1. The van der Waals surface area contributed by atoms with E-state index in [1.165, 1.54) is 11.0 Å². The van der Waals surface area contributed by atoms with Gasteiger partial charge in [-0.25, -0.2) is 0 Å². The monoisotopic (exact) mass is 134 g/mol. The fourth-order valence-electron chi connectivity index (χ4n) is 0.969. The van der Waals surface area contributed by atoms with E-state index in [1.54, 1.807) is 7.11 Å². The molecule has 0 N–H and O–H groups in total. The summed E-state index contributed by atoms with van der Waals surface area (Å²) in [4.78, 5) is 0. The van der Waals surface area contributed by atoms with Crippen LogP contribution in [0.25, 0.3) is 0 Å². The highest BCUT2D eigenvalue weighted by Crippen LogP contribution is 1.96. The van der Waals surface area contributed by atoms with Gasteiger partial charge in [-0.2, -0.15) is 0 Å². The van der Waals surface area contributed by atoms with Crippen LogP contribution in [0.4, 0.5) is 0 Å². The molecule has 1 aromatic rings. The molecule has 52 valence electrons. The van der Waals surface area contributed by atoms with Crippen LogP contribution >= 0.6 is 0 Å². The van der Waals surface area contributed by atoms with Gasteiger partial charge in [-0.05, 0) is 5.56 Å². The maximum absolute atomic E-state index is 4.98. The summed E-state index contributed by atoms with van der Waals surface area (Å²) in [6, 6.07) is 8.32. The van der Waals surface area contributed by atoms with E-state index in [-0.39, 0.29) is 0 Å². The van der Waals surface area contributed by atoms with Gasteiger partial charge < -0.3 is 4.74 Å². The van der Waals surface area contributed by atoms with Crippen LogP contribution in [0.2, 0.25) is 0 Å². The minimum atomic E-state index is 0.710. The summed E-state index contributed by atoms with van der Waals surface area (Å²) in [5.74, 6) is 0. The molecule has 2 heteroatoms. The molecule has 0 aromatic heterocycles. The van der Waals surface area contributed by atoms with E-state index in [9.17, 15) is 0 Å². The van der Waals surface area contributed by atoms with E-state index in [1.807, 2.05) is 6.07 Å². The number of rotatable bonds is 2. The lowest BCUT2D eigenvalue weighted by Crippen LogP contribution is -2.02. The number of methoxy groups -OCH3 is 1. The van der Waals surface area contributed by atoms with Gasteiger partial charge in [-0.1, -0.05) is 29.7 Å². The lowest BCUT2D eigenvalue weighted by atomic mass is 9.95. The highest BCUT2D eigenvalue weighted by Gasteiger charge is 1.89. The first-order chi connectivity index (χ1) is 4.83. The third-order valence-electron chi connectivity index (χ3n) is 1.39. The van der Waals surface area contributed by atoms with E-state index in [0.29, 0.717) is 6.61 Å². The Balaban J connectivity index is 2.75. The minimum Gasteiger partial charge on any atom is -0.380 e. The molecule has 0 atom stereocenters. The summed E-state index contributed by atoms with van der Waals surface area (Å²) < 4.78 is 4.98. The topological polar surface area (TPSA) is 9.23 Å². The summed E-state index contributed by atoms with van der Waals surface area (Å²) in [6.07, 6.45) is 0. The maximum atomic E-state index is 4.98. The van der Waals surface area contributed by atoms with Crippen molar-refractivity contribution >= 4 is 13.3 Å². The Hall–Kier alpha value is -0.755. The molecule has 0 saturated heterocycles. The molecule has 0 fully saturated rings. The van der Waals surface area contributed by atoms with Gasteiger partial charge in [0.25, 0.3) is 0 Å². The zero-order valence-electron chi connectivity index (χ0n) is 6.42. The largest absolute Gasteiger partial charge is 0.380 e. The molecule has 10 heavy (non-hydrogen) atoms. The number of ether oxygens (including phenoxy) is 1. The first-order valence-corrected chi connectivity index (χ1v) is 3.37. The molecule has 0 aliphatic heterocycles. The molecule has 0 saturated carbocycles. The molecule has 0 aliphatic carbocycles. The van der Waals surface area contributed by atoms with Crippen LogP contribution < -0.4 is 5.46 Å². The molecule has 0 radical (unpaired) electrons. The highest BCUT2D eigenvalue weighted by atomic mass is 16.5. The lowest BCUT2D eigenvalue weighted by Gasteiger charge is -1.99. The van der Waals surface area contributed by atoms with Crippen LogP contribution in [-0.2, 0) is 11.3 Å². The van der Waals surface area contributed by atoms with Crippen molar-refractivity contribution in [2.45, 2.75) is 6.61 Å². The van der Waals surface area contributed by atoms with Gasteiger partial charge in [0.2, 0.25) is 0 Å². The van der Waals surface area contributed by atoms with E-state index >= 15 is 0 Å². The van der Waals surface area contributed by atoms with Crippen LogP contribution in [0.15, 0.2) is 24.3 Å². The van der Waals surface area contributed by atoms with Gasteiger partial charge in [0.15, 0.2) is 0 Å². The molecule has 0 bridgehead atoms. The van der Waals surface area contributed by atoms with Gasteiger partial charge in [0, 0.05) is 7.11 Å². The molecule has 1 aromatic carbocycles. The fraction of sp³-hybridized carbons (Fsp3) is 0.250. The average Bonchev–Trinajstić information content (AvgIpc) is 1.88. The van der Waals surface area contributed by atoms with Gasteiger partial charge in [0.1, 0.15) is 7.85 Å². The summed E-state index contributed by atoms with van der Waals surface area (Å²) in [5.41, 5.74) is 2.53. The van der Waals surface area contributed by atoms with E-state index in [2.05, 4.69) is 26.0 Å². The van der Waals surface area contributed by atoms with Gasteiger partial charge in [-0.15, -0.1) is 0 Å². The molecule has 0 aliphatic rings. The van der Waals surface area contributed by atoms with Gasteiger partial charge >= 0.3 is 0 Å². The standard InChI is InChI=1S/C8H11BO/c1-10-6-7-3-2-4-8(9)5-7/h2-5H,6,9H2,1H3. The molecular formula is C8H11BO. The molecule has 1 nitrogen and oxygen atoms in total. The highest BCUT2D eigenvalue weighted by molar-refractivity contribution is 6.32. The predicted octanol–water partition coefficient (Wildman–Crippen LogP) is 0.0914. The number of hydrogen-bond donors (Lipinski definition) is 0. The van der Waals surface area contributed by atoms with Crippen LogP contribution in [0, 0.1) is 0 Å². The third-order valence-corrected chi connectivity index (χ3v) is 1.39. The fourth-order valence-corrected chi connectivity index (χ4v) is 0.969. The van der Waals surface area contributed by atoms with Gasteiger partial charge in [-0.3, -0.25) is 0 Å². The molecule has 1 rings (SSSR count). The second-order valence-electron chi connectivity index (χ2n) is 2.42. The Kier molecular flexibility index (Phi) is 2.52. The minimum absolute atomic E-state index is 0.710. The molecule has 0 spiro atoms. The molecule has 0 unspecified atom stereocenters. The Morgan fingerprint density at radius 3 is 2.90 bits per heavy atom. The number of benzene rings is 1. The second kappa shape index (κ2) is 3.42. The smallest absolute Gasteiger partial charge is 0.139 e. The van der Waals surface area contributed by atoms with E-state index in [0.717, 1.165) is 0 Å². The zero-order chi connectivity index (χ0) is 7.40. The SMILES string of the molecule is Bc1cccc(COC)c1. The molecular weight excluding hydrogens is 123 g/mol. The average molecular weight is 134 g/mol. The normalized spacial score (nSPS) is 9.70. The Bertz CT molecular complexity index is 210. The molecule has 0 heterocycles. The summed E-state index contributed by atoms with van der Waals surface area (Å²) >= 11 is 0. The van der Waals surface area contributed by atoms with Crippen molar-refractivity contribution in [2.75, 3.05) is 7.11 Å². The van der Waals surface area contributed by atoms with Crippen molar-refractivity contribution in [1.29, 1.82) is 0 Å². The zero-order valence-corrected chi connectivity index (χ0v) is 6.42. The molecule has 0 amide bonds. The quantitative estimate of drug-likeness (QED) is 0.521. The van der Waals surface area contributed by atoms with Crippen molar-refractivity contribution < 1.29 is 4.74 Å². The first kappa shape index (κ1) is 7.35. The van der Waals surface area contributed by atoms with Crippen LogP contribution in [0.1, 0.15) is 5.56 Å². The second-order valence-corrected chi connectivity index (χ2v) is 2.42. The van der Waals surface area contributed by atoms with Crippen molar-refractivity contribution in [3.8, 4) is 0 Å². The Morgan fingerprint density at radius 2 is 2.30 bits per heavy atom. The van der Waals surface area contributed by atoms with Crippen molar-refractivity contribution in [3.05, 3.63) is 29.8 Å². The van der Waals surface area contributed by atoms with Crippen LogP contribution in [0.5, 0.6) is 0 Å². The maximum Gasteiger partial charge on any atom is 0.139 e. The summed E-state index contributed by atoms with van der Waals surface area (Å²) in [5, 5.41) is 0. The predicted molar refractivity (Wildman–Crippen MR) is 45.3 cm³/mol. The van der Waals surface area contributed by atoms with E-state index in [4.69, 9.17) is 4.74 Å². The first-order valence-electron chi connectivity index (χ1n) is 3.37.